The largest absolute Gasteiger partial charge is 0.276 e. The molecule has 3 rings (SSSR count). The summed E-state index contributed by atoms with van der Waals surface area (Å²) in [6.45, 7) is 5.59. The van der Waals surface area contributed by atoms with Crippen molar-refractivity contribution in [3.8, 4) is 11.1 Å². The van der Waals surface area contributed by atoms with E-state index in [1.165, 1.54) is 0 Å². The molecule has 0 unspecified atom stereocenters. The second kappa shape index (κ2) is 8.03. The van der Waals surface area contributed by atoms with Crippen LogP contribution in [0.4, 0.5) is 5.82 Å². The fraction of sp³-hybridized carbons (Fsp3) is 0.150. The molecule has 2 aromatic heterocycles. The van der Waals surface area contributed by atoms with Crippen LogP contribution in [0.25, 0.3) is 27.0 Å². The van der Waals surface area contributed by atoms with Crippen LogP contribution in [0.15, 0.2) is 58.9 Å². The first-order valence-corrected chi connectivity index (χ1v) is 9.00. The third-order valence-electron chi connectivity index (χ3n) is 3.92. The summed E-state index contributed by atoms with van der Waals surface area (Å²) < 4.78 is 0. The van der Waals surface area contributed by atoms with Crippen molar-refractivity contribution < 1.29 is 4.84 Å². The molecule has 0 aliphatic carbocycles. The Balaban J connectivity index is 2.27. The van der Waals surface area contributed by atoms with Gasteiger partial charge in [0, 0.05) is 18.0 Å². The van der Waals surface area contributed by atoms with E-state index in [1.54, 1.807) is 23.5 Å². The molecule has 0 atom stereocenters. The number of aliphatic imine (C=N–C) groups is 1. The number of hydrogen-bond donors (Lipinski definition) is 0. The lowest BCUT2D eigenvalue weighted by Gasteiger charge is -2.17. The number of rotatable bonds is 6. The maximum Gasteiger partial charge on any atom is 0.181 e. The molecular weight excluding hydrogens is 344 g/mol. The topological polar surface area (TPSA) is 50.6 Å². The molecule has 0 saturated carbocycles. The molecule has 5 nitrogen and oxygen atoms in total. The molecule has 0 fully saturated rings. The highest BCUT2D eigenvalue weighted by atomic mass is 32.1. The van der Waals surface area contributed by atoms with Gasteiger partial charge in [0.15, 0.2) is 11.6 Å². The van der Waals surface area contributed by atoms with Gasteiger partial charge in [0.2, 0.25) is 0 Å². The molecule has 0 bridgehead atoms. The van der Waals surface area contributed by atoms with Crippen molar-refractivity contribution in [2.24, 2.45) is 4.99 Å². The number of hydrogen-bond acceptors (Lipinski definition) is 6. The highest BCUT2D eigenvalue weighted by Crippen LogP contribution is 2.38. The number of nitrogens with zero attached hydrogens (tertiary/aromatic N) is 4. The standard InChI is InChI=1S/C20H20N4OS/c1-5-6-12-16(21-2)18-22-19(24(3)25-4)17-15(13-26-20(17)23-18)14-10-8-7-9-11-14/h5-13H,2H2,1,3-4H3/b6-5-,16-12-. The quantitative estimate of drug-likeness (QED) is 0.352. The van der Waals surface area contributed by atoms with E-state index in [-0.39, 0.29) is 0 Å². The Morgan fingerprint density at radius 1 is 1.27 bits per heavy atom. The normalized spacial score (nSPS) is 12.0. The van der Waals surface area contributed by atoms with Crippen molar-refractivity contribution in [1.29, 1.82) is 0 Å². The molecule has 0 saturated heterocycles. The van der Waals surface area contributed by atoms with Crippen LogP contribution in [-0.2, 0) is 4.84 Å². The molecule has 0 spiro atoms. The highest BCUT2D eigenvalue weighted by Gasteiger charge is 2.19. The van der Waals surface area contributed by atoms with E-state index in [0.717, 1.165) is 21.3 Å². The van der Waals surface area contributed by atoms with Gasteiger partial charge in [-0.1, -0.05) is 42.5 Å². The molecule has 0 aliphatic heterocycles. The Labute approximate surface area is 157 Å². The van der Waals surface area contributed by atoms with Gasteiger partial charge >= 0.3 is 0 Å². The van der Waals surface area contributed by atoms with Gasteiger partial charge in [-0.15, -0.1) is 11.3 Å². The molecule has 3 aromatic rings. The van der Waals surface area contributed by atoms with Crippen molar-refractivity contribution in [3.63, 3.8) is 0 Å². The lowest BCUT2D eigenvalue weighted by Crippen LogP contribution is -2.17. The zero-order chi connectivity index (χ0) is 18.5. The van der Waals surface area contributed by atoms with Crippen LogP contribution < -0.4 is 5.06 Å². The minimum absolute atomic E-state index is 0.519. The summed E-state index contributed by atoms with van der Waals surface area (Å²) in [7, 11) is 3.44. The Kier molecular flexibility index (Phi) is 5.55. The SMILES string of the molecule is C=N/C(=C\C=C/C)c1nc(N(C)OC)c2c(-c3ccccc3)csc2n1. The first kappa shape index (κ1) is 18.0. The molecule has 132 valence electrons. The van der Waals surface area contributed by atoms with Crippen molar-refractivity contribution in [2.45, 2.75) is 6.92 Å². The average molecular weight is 364 g/mol. The van der Waals surface area contributed by atoms with Crippen LogP contribution in [0.1, 0.15) is 12.7 Å². The molecule has 0 radical (unpaired) electrons. The first-order valence-electron chi connectivity index (χ1n) is 8.12. The van der Waals surface area contributed by atoms with Gasteiger partial charge < -0.3 is 0 Å². The number of allylic oxidation sites excluding steroid dienone is 3. The zero-order valence-corrected chi connectivity index (χ0v) is 15.8. The van der Waals surface area contributed by atoms with Crippen LogP contribution in [-0.4, -0.2) is 30.8 Å². The van der Waals surface area contributed by atoms with Gasteiger partial charge in [0.05, 0.1) is 12.5 Å². The fourth-order valence-electron chi connectivity index (χ4n) is 2.57. The van der Waals surface area contributed by atoms with Gasteiger partial charge in [0.1, 0.15) is 10.5 Å². The second-order valence-electron chi connectivity index (χ2n) is 5.48. The Bertz CT molecular complexity index is 976. The third-order valence-corrected chi connectivity index (χ3v) is 4.79. The molecule has 26 heavy (non-hydrogen) atoms. The van der Waals surface area contributed by atoms with E-state index >= 15 is 0 Å². The number of anilines is 1. The average Bonchev–Trinajstić information content (AvgIpc) is 3.12. The van der Waals surface area contributed by atoms with Crippen LogP contribution in [0.5, 0.6) is 0 Å². The monoisotopic (exact) mass is 364 g/mol. The maximum atomic E-state index is 5.42. The predicted molar refractivity (Wildman–Crippen MR) is 111 cm³/mol. The number of thiophene rings is 1. The third kappa shape index (κ3) is 3.42. The smallest absolute Gasteiger partial charge is 0.181 e. The van der Waals surface area contributed by atoms with E-state index in [9.17, 15) is 0 Å². The Morgan fingerprint density at radius 3 is 2.69 bits per heavy atom. The summed E-state index contributed by atoms with van der Waals surface area (Å²) in [6.07, 6.45) is 5.65. The number of hydroxylamine groups is 1. The lowest BCUT2D eigenvalue weighted by molar-refractivity contribution is 0.183. The Hall–Kier alpha value is -2.83. The second-order valence-corrected chi connectivity index (χ2v) is 6.34. The first-order chi connectivity index (χ1) is 12.7. The van der Waals surface area contributed by atoms with Gasteiger partial charge in [-0.25, -0.2) is 15.0 Å². The molecule has 1 aromatic carbocycles. The zero-order valence-electron chi connectivity index (χ0n) is 15.0. The van der Waals surface area contributed by atoms with E-state index in [0.29, 0.717) is 17.3 Å². The summed E-state index contributed by atoms with van der Waals surface area (Å²) >= 11 is 1.58. The number of fused-ring (bicyclic) bond motifs is 1. The van der Waals surface area contributed by atoms with Gasteiger partial charge in [-0.3, -0.25) is 9.83 Å². The fourth-order valence-corrected chi connectivity index (χ4v) is 3.51. The van der Waals surface area contributed by atoms with Crippen LogP contribution in [0.3, 0.4) is 0 Å². The van der Waals surface area contributed by atoms with Gasteiger partial charge in [0.25, 0.3) is 0 Å². The predicted octanol–water partition coefficient (Wildman–Crippen LogP) is 4.97. The molecule has 0 amide bonds. The molecule has 0 aliphatic rings. The summed E-state index contributed by atoms with van der Waals surface area (Å²) in [5.41, 5.74) is 2.82. The summed E-state index contributed by atoms with van der Waals surface area (Å²) in [6, 6.07) is 10.2. The minimum atomic E-state index is 0.519. The number of aromatic nitrogens is 2. The number of benzene rings is 1. The van der Waals surface area contributed by atoms with Crippen molar-refractivity contribution in [2.75, 3.05) is 19.2 Å². The van der Waals surface area contributed by atoms with Crippen LogP contribution in [0.2, 0.25) is 0 Å². The summed E-state index contributed by atoms with van der Waals surface area (Å²) in [4.78, 5) is 19.8. The summed E-state index contributed by atoms with van der Waals surface area (Å²) in [5, 5.41) is 4.70. The molecule has 2 heterocycles. The Morgan fingerprint density at radius 2 is 2.04 bits per heavy atom. The molecular formula is C20H20N4OS. The van der Waals surface area contributed by atoms with E-state index in [4.69, 9.17) is 14.8 Å². The van der Waals surface area contributed by atoms with E-state index < -0.39 is 0 Å². The van der Waals surface area contributed by atoms with Crippen LogP contribution >= 0.6 is 11.3 Å². The van der Waals surface area contributed by atoms with Gasteiger partial charge in [-0.2, -0.15) is 0 Å². The molecule has 6 heteroatoms. The van der Waals surface area contributed by atoms with Crippen molar-refractivity contribution in [3.05, 3.63) is 59.8 Å². The van der Waals surface area contributed by atoms with E-state index in [2.05, 4.69) is 29.2 Å². The van der Waals surface area contributed by atoms with Crippen LogP contribution in [0, 0.1) is 0 Å². The van der Waals surface area contributed by atoms with Crippen molar-refractivity contribution in [1.82, 2.24) is 9.97 Å². The summed E-state index contributed by atoms with van der Waals surface area (Å²) in [5.74, 6) is 1.22. The minimum Gasteiger partial charge on any atom is -0.276 e. The van der Waals surface area contributed by atoms with E-state index in [1.807, 2.05) is 50.4 Å². The maximum absolute atomic E-state index is 5.42. The molecule has 0 N–H and O–H groups in total. The van der Waals surface area contributed by atoms with Gasteiger partial charge in [-0.05, 0) is 25.3 Å². The van der Waals surface area contributed by atoms with Crippen molar-refractivity contribution >= 4 is 39.8 Å². The lowest BCUT2D eigenvalue weighted by atomic mass is 10.1. The highest BCUT2D eigenvalue weighted by molar-refractivity contribution is 7.17.